The summed E-state index contributed by atoms with van der Waals surface area (Å²) < 4.78 is 15.4. The lowest BCUT2D eigenvalue weighted by atomic mass is 9.95. The van der Waals surface area contributed by atoms with Crippen molar-refractivity contribution in [2.75, 3.05) is 18.9 Å². The molecule has 0 saturated carbocycles. The lowest BCUT2D eigenvalue weighted by molar-refractivity contribution is -0.134. The first-order chi connectivity index (χ1) is 27.6. The molecule has 0 bridgehead atoms. The molecule has 0 radical (unpaired) electrons. The van der Waals surface area contributed by atoms with Crippen molar-refractivity contribution >= 4 is 49.8 Å². The fourth-order valence-corrected chi connectivity index (χ4v) is 8.49. The van der Waals surface area contributed by atoms with Crippen LogP contribution in [0.5, 0.6) is 0 Å². The summed E-state index contributed by atoms with van der Waals surface area (Å²) in [6.45, 7) is 21.3. The number of rotatable bonds is 16. The monoisotopic (exact) mass is 818 g/mol. The average molecular weight is 819 g/mol. The Morgan fingerprint density at radius 1 is 0.741 bits per heavy atom. The van der Waals surface area contributed by atoms with Crippen LogP contribution in [0.25, 0.3) is 22.1 Å². The van der Waals surface area contributed by atoms with Gasteiger partial charge in [-0.1, -0.05) is 107 Å². The lowest BCUT2D eigenvalue weighted by Gasteiger charge is -2.33. The van der Waals surface area contributed by atoms with Crippen LogP contribution in [-0.4, -0.2) is 69.7 Å². The van der Waals surface area contributed by atoms with Crippen molar-refractivity contribution in [1.29, 1.82) is 0 Å². The van der Waals surface area contributed by atoms with E-state index < -0.39 is 16.1 Å². The third-order valence-electron chi connectivity index (χ3n) is 10.9. The largest absolute Gasteiger partial charge is 0.397 e. The molecular weight excluding hydrogens is 757 g/mol. The summed E-state index contributed by atoms with van der Waals surface area (Å²) in [6, 6.07) is 27.1. The molecule has 6 aromatic rings. The summed E-state index contributed by atoms with van der Waals surface area (Å²) in [7, 11) is -2.19. The molecule has 0 fully saturated rings. The van der Waals surface area contributed by atoms with Crippen LogP contribution < -0.4 is 5.73 Å². The van der Waals surface area contributed by atoms with E-state index in [2.05, 4.69) is 112 Å². The van der Waals surface area contributed by atoms with E-state index in [-0.39, 0.29) is 11.9 Å². The fraction of sp³-hybridized carbons (Fsp3) is 0.444. The predicted octanol–water partition coefficient (Wildman–Crippen LogP) is 9.45. The van der Waals surface area contributed by atoms with E-state index >= 15 is 0 Å². The van der Waals surface area contributed by atoms with E-state index in [4.69, 9.17) is 25.2 Å². The molecule has 2 atom stereocenters. The van der Waals surface area contributed by atoms with Gasteiger partial charge in [-0.2, -0.15) is 10.2 Å². The van der Waals surface area contributed by atoms with Crippen LogP contribution in [0, 0.1) is 0 Å². The number of nitrogen functional groups attached to an aromatic ring is 1. The topological polar surface area (TPSA) is 126 Å². The predicted molar refractivity (Wildman–Crippen MR) is 240 cm³/mol. The molecule has 1 amide bonds. The zero-order valence-corrected chi connectivity index (χ0v) is 37.7. The molecule has 308 valence electrons. The van der Waals surface area contributed by atoms with Gasteiger partial charge < -0.3 is 20.1 Å². The maximum atomic E-state index is 12.9. The molecule has 4 aromatic heterocycles. The normalized spacial score (nSPS) is 14.3. The van der Waals surface area contributed by atoms with Crippen molar-refractivity contribution in [2.45, 2.75) is 116 Å². The Kier molecular flexibility index (Phi) is 14.0. The minimum atomic E-state index is -1.11. The molecule has 1 aliphatic heterocycles. The minimum Gasteiger partial charge on any atom is -0.397 e. The molecule has 0 saturated heterocycles. The smallest absolute Gasteiger partial charge is 0.227 e. The lowest BCUT2D eigenvalue weighted by Crippen LogP contribution is -2.38. The average Bonchev–Trinajstić information content (AvgIpc) is 3.78. The van der Waals surface area contributed by atoms with Crippen LogP contribution in [0.15, 0.2) is 85.2 Å². The van der Waals surface area contributed by atoms with Crippen LogP contribution in [0.1, 0.15) is 60.3 Å². The van der Waals surface area contributed by atoms with E-state index in [1.165, 1.54) is 5.56 Å². The molecule has 58 heavy (non-hydrogen) atoms. The van der Waals surface area contributed by atoms with Crippen LogP contribution in [-0.2, 0) is 47.1 Å². The highest BCUT2D eigenvalue weighted by Crippen LogP contribution is 2.30. The van der Waals surface area contributed by atoms with Crippen LogP contribution in [0.3, 0.4) is 0 Å². The molecule has 7 rings (SSSR count). The summed E-state index contributed by atoms with van der Waals surface area (Å²) in [5.74, 6) is 0.609. The SMILES string of the molecule is C[C@@H](CCc1nc2cnn(COCC[Si](C)(C)C)c2cc1N)c1ccccc1.C[C@H](c1ccccc1)N1Cc2nc3cnn(COCC[Si](C)(C)C)c3cc2CC1=O. The minimum absolute atomic E-state index is 0.0202. The van der Waals surface area contributed by atoms with Gasteiger partial charge in [0.15, 0.2) is 0 Å². The molecule has 5 heterocycles. The molecule has 13 heteroatoms. The molecule has 0 aliphatic carbocycles. The molecule has 0 spiro atoms. The van der Waals surface area contributed by atoms with E-state index in [9.17, 15) is 4.79 Å². The Bertz CT molecular complexity index is 2270. The molecule has 11 nitrogen and oxygen atoms in total. The first-order valence-corrected chi connectivity index (χ1v) is 28.1. The summed E-state index contributed by atoms with van der Waals surface area (Å²) in [5, 5.41) is 8.90. The first kappa shape index (κ1) is 42.9. The number of aryl methyl sites for hydroxylation is 1. The van der Waals surface area contributed by atoms with Gasteiger partial charge in [-0.15, -0.1) is 0 Å². The van der Waals surface area contributed by atoms with Gasteiger partial charge in [-0.05, 0) is 66.6 Å². The standard InChI is InChI=1S/C23H30N4O2Si.C22H32N4OSi/c1-17(18-8-6-5-7-9-18)26-15-21-19(13-23(26)28)12-22-20(25-21)14-24-27(22)16-29-10-11-30(2,3)4;1-17(18-8-6-5-7-9-18)10-11-20-19(23)14-22-21(25-20)15-24-26(22)16-27-12-13-28(2,3)4/h5-9,12,14,17H,10-11,13,15-16H2,1-4H3;5-9,14-15,17H,10-13,16,23H2,1-4H3/t2*17-/m10/s1. The summed E-state index contributed by atoms with van der Waals surface area (Å²) in [6.07, 6.45) is 5.84. The maximum Gasteiger partial charge on any atom is 0.227 e. The van der Waals surface area contributed by atoms with Crippen molar-refractivity contribution in [1.82, 2.24) is 34.4 Å². The van der Waals surface area contributed by atoms with Gasteiger partial charge in [0, 0.05) is 29.4 Å². The number of carbonyl (C=O) groups excluding carboxylic acids is 1. The van der Waals surface area contributed by atoms with Gasteiger partial charge in [0.05, 0.1) is 59.5 Å². The third-order valence-corrected chi connectivity index (χ3v) is 14.3. The van der Waals surface area contributed by atoms with E-state index in [1.807, 2.05) is 38.5 Å². The van der Waals surface area contributed by atoms with Gasteiger partial charge in [0.2, 0.25) is 5.91 Å². The van der Waals surface area contributed by atoms with Gasteiger partial charge in [0.25, 0.3) is 0 Å². The number of hydrogen-bond acceptors (Lipinski definition) is 8. The highest BCUT2D eigenvalue weighted by Gasteiger charge is 2.29. The van der Waals surface area contributed by atoms with Gasteiger partial charge >= 0.3 is 0 Å². The Labute approximate surface area is 346 Å². The zero-order valence-electron chi connectivity index (χ0n) is 35.7. The number of hydrogen-bond donors (Lipinski definition) is 1. The second-order valence-corrected chi connectivity index (χ2v) is 29.3. The number of nitrogens with zero attached hydrogens (tertiary/aromatic N) is 7. The van der Waals surface area contributed by atoms with Crippen molar-refractivity contribution < 1.29 is 14.3 Å². The van der Waals surface area contributed by atoms with Crippen molar-refractivity contribution in [3.8, 4) is 0 Å². The molecule has 0 unspecified atom stereocenters. The number of aromatic nitrogens is 6. The molecule has 2 N–H and O–H groups in total. The highest BCUT2D eigenvalue weighted by atomic mass is 28.3. The summed E-state index contributed by atoms with van der Waals surface area (Å²) in [4.78, 5) is 24.4. The maximum absolute atomic E-state index is 12.9. The number of amides is 1. The third kappa shape index (κ3) is 11.5. The Balaban J connectivity index is 0.000000196. The van der Waals surface area contributed by atoms with E-state index in [0.717, 1.165) is 88.4 Å². The van der Waals surface area contributed by atoms with Gasteiger partial charge in [-0.3, -0.25) is 4.79 Å². The van der Waals surface area contributed by atoms with Crippen LogP contribution >= 0.6 is 0 Å². The second-order valence-electron chi connectivity index (χ2n) is 18.0. The summed E-state index contributed by atoms with van der Waals surface area (Å²) >= 11 is 0. The van der Waals surface area contributed by atoms with Crippen molar-refractivity contribution in [2.24, 2.45) is 0 Å². The van der Waals surface area contributed by atoms with Gasteiger partial charge in [-0.25, -0.2) is 19.3 Å². The molecular formula is C45H62N8O3Si2. The zero-order chi connectivity index (χ0) is 41.5. The number of fused-ring (bicyclic) bond motifs is 3. The Morgan fingerprint density at radius 2 is 1.28 bits per heavy atom. The number of benzene rings is 2. The Hall–Kier alpha value is -4.70. The fourth-order valence-electron chi connectivity index (χ4n) is 6.98. The van der Waals surface area contributed by atoms with Crippen molar-refractivity contribution in [3.05, 3.63) is 113 Å². The quantitative estimate of drug-likeness (QED) is 0.0757. The van der Waals surface area contributed by atoms with E-state index in [0.29, 0.717) is 32.3 Å². The van der Waals surface area contributed by atoms with Crippen LogP contribution in [0.4, 0.5) is 5.69 Å². The summed E-state index contributed by atoms with van der Waals surface area (Å²) in [5.41, 5.74) is 16.0. The number of carbonyl (C=O) groups is 1. The van der Waals surface area contributed by atoms with Crippen LogP contribution in [0.2, 0.25) is 51.4 Å². The molecule has 2 aromatic carbocycles. The first-order valence-electron chi connectivity index (χ1n) is 20.7. The van der Waals surface area contributed by atoms with Gasteiger partial charge in [0.1, 0.15) is 24.5 Å². The number of ether oxygens (including phenoxy) is 2. The highest BCUT2D eigenvalue weighted by molar-refractivity contribution is 6.76. The molecule has 1 aliphatic rings. The van der Waals surface area contributed by atoms with E-state index in [1.54, 1.807) is 12.4 Å². The van der Waals surface area contributed by atoms with Crippen molar-refractivity contribution in [3.63, 3.8) is 0 Å². The second kappa shape index (κ2) is 18.9. The number of anilines is 1. The Morgan fingerprint density at radius 3 is 1.84 bits per heavy atom. The number of nitrogens with two attached hydrogens (primary N) is 1. The number of pyridine rings is 2.